The Balaban J connectivity index is 1.30. The molecule has 3 amide bonds. The molecule has 0 aliphatic heterocycles. The molecule has 1 saturated carbocycles. The number of carbonyl (C=O) groups excluding carboxylic acids is 3. The molecule has 2 N–H and O–H groups in total. The molecule has 3 aromatic rings. The summed E-state index contributed by atoms with van der Waals surface area (Å²) in [6.07, 6.45) is 5.75. The molecule has 0 radical (unpaired) electrons. The normalized spacial score (nSPS) is 14.2. The van der Waals surface area contributed by atoms with Crippen molar-refractivity contribution in [2.45, 2.75) is 38.7 Å². The number of rotatable bonds is 13. The number of nitrogens with zero attached hydrogens (tertiary/aromatic N) is 1. The molecule has 4 rings (SSSR count). The second-order valence-corrected chi connectivity index (χ2v) is 9.30. The van der Waals surface area contributed by atoms with E-state index in [4.69, 9.17) is 9.25 Å². The Bertz CT molecular complexity index is 1140. The lowest BCUT2D eigenvalue weighted by Gasteiger charge is -2.25. The predicted molar refractivity (Wildman–Crippen MR) is 139 cm³/mol. The molecule has 1 fully saturated rings. The highest BCUT2D eigenvalue weighted by molar-refractivity contribution is 5.92. The number of nitrogens with one attached hydrogen (secondary N) is 2. The van der Waals surface area contributed by atoms with Crippen LogP contribution in [-0.2, 0) is 21.0 Å². The van der Waals surface area contributed by atoms with Crippen LogP contribution in [0.3, 0.4) is 0 Å². The SMILES string of the molecule is O=CN(C[C@@H](CC1CCCC1)C(=O)NCNC(=O)c1ccc(-c2ccccc2)o1)OCc1ccccc1. The highest BCUT2D eigenvalue weighted by Crippen LogP contribution is 2.31. The molecule has 0 unspecified atom stereocenters. The third-order valence-corrected chi connectivity index (χ3v) is 6.62. The summed E-state index contributed by atoms with van der Waals surface area (Å²) in [6, 6.07) is 22.4. The fourth-order valence-corrected chi connectivity index (χ4v) is 4.65. The fraction of sp³-hybridized carbons (Fsp3) is 0.345. The smallest absolute Gasteiger partial charge is 0.288 e. The van der Waals surface area contributed by atoms with Crippen LogP contribution in [0.25, 0.3) is 11.3 Å². The molecule has 0 spiro atoms. The van der Waals surface area contributed by atoms with Gasteiger partial charge in [-0.3, -0.25) is 19.2 Å². The van der Waals surface area contributed by atoms with E-state index < -0.39 is 11.8 Å². The van der Waals surface area contributed by atoms with Gasteiger partial charge in [-0.1, -0.05) is 86.3 Å². The molecule has 2 aromatic carbocycles. The van der Waals surface area contributed by atoms with Crippen LogP contribution in [0.15, 0.2) is 77.2 Å². The molecule has 1 aliphatic rings. The largest absolute Gasteiger partial charge is 0.451 e. The first-order chi connectivity index (χ1) is 18.1. The van der Waals surface area contributed by atoms with Crippen molar-refractivity contribution in [3.05, 3.63) is 84.1 Å². The summed E-state index contributed by atoms with van der Waals surface area (Å²) in [7, 11) is 0. The Labute approximate surface area is 216 Å². The summed E-state index contributed by atoms with van der Waals surface area (Å²) in [5.74, 6) is 0.0944. The van der Waals surface area contributed by atoms with Gasteiger partial charge in [0.25, 0.3) is 5.91 Å². The van der Waals surface area contributed by atoms with Crippen LogP contribution in [0.5, 0.6) is 0 Å². The molecule has 0 saturated heterocycles. The van der Waals surface area contributed by atoms with Crippen LogP contribution in [0.4, 0.5) is 0 Å². The molecular weight excluding hydrogens is 470 g/mol. The highest BCUT2D eigenvalue weighted by Gasteiger charge is 2.27. The molecule has 8 nitrogen and oxygen atoms in total. The number of carbonyl (C=O) groups is 3. The number of hydroxylamine groups is 2. The maximum Gasteiger partial charge on any atom is 0.288 e. The van der Waals surface area contributed by atoms with Crippen LogP contribution in [0, 0.1) is 11.8 Å². The summed E-state index contributed by atoms with van der Waals surface area (Å²) in [5, 5.41) is 6.66. The summed E-state index contributed by atoms with van der Waals surface area (Å²) in [4.78, 5) is 43.0. The molecule has 8 heteroatoms. The predicted octanol–water partition coefficient (Wildman–Crippen LogP) is 4.54. The molecule has 1 aliphatic carbocycles. The van der Waals surface area contributed by atoms with Gasteiger partial charge in [0, 0.05) is 5.56 Å². The van der Waals surface area contributed by atoms with Crippen molar-refractivity contribution in [1.82, 2.24) is 15.7 Å². The fourth-order valence-electron chi connectivity index (χ4n) is 4.65. The van der Waals surface area contributed by atoms with Gasteiger partial charge in [0.05, 0.1) is 19.1 Å². The van der Waals surface area contributed by atoms with Crippen LogP contribution < -0.4 is 10.6 Å². The summed E-state index contributed by atoms with van der Waals surface area (Å²) >= 11 is 0. The Morgan fingerprint density at radius 3 is 2.38 bits per heavy atom. The number of benzene rings is 2. The van der Waals surface area contributed by atoms with E-state index in [9.17, 15) is 14.4 Å². The first kappa shape index (κ1) is 26.2. The van der Waals surface area contributed by atoms with E-state index in [0.717, 1.165) is 36.8 Å². The number of hydrogen-bond acceptors (Lipinski definition) is 5. The van der Waals surface area contributed by atoms with Crippen LogP contribution in [0.1, 0.15) is 48.2 Å². The number of furan rings is 1. The van der Waals surface area contributed by atoms with E-state index in [2.05, 4.69) is 10.6 Å². The topological polar surface area (TPSA) is 101 Å². The van der Waals surface area contributed by atoms with E-state index in [1.54, 1.807) is 12.1 Å². The van der Waals surface area contributed by atoms with E-state index in [-0.39, 0.29) is 31.5 Å². The maximum absolute atomic E-state index is 13.1. The van der Waals surface area contributed by atoms with Gasteiger partial charge in [-0.15, -0.1) is 0 Å². The third kappa shape index (κ3) is 7.79. The van der Waals surface area contributed by atoms with Gasteiger partial charge in [-0.2, -0.15) is 0 Å². The van der Waals surface area contributed by atoms with Crippen molar-refractivity contribution in [3.63, 3.8) is 0 Å². The van der Waals surface area contributed by atoms with Crippen molar-refractivity contribution in [1.29, 1.82) is 0 Å². The molecule has 37 heavy (non-hydrogen) atoms. The van der Waals surface area contributed by atoms with E-state index in [1.165, 1.54) is 5.06 Å². The molecular formula is C29H33N3O5. The van der Waals surface area contributed by atoms with E-state index in [1.807, 2.05) is 60.7 Å². The Morgan fingerprint density at radius 1 is 0.973 bits per heavy atom. The third-order valence-electron chi connectivity index (χ3n) is 6.62. The Hall–Kier alpha value is -3.91. The molecule has 1 atom stereocenters. The van der Waals surface area contributed by atoms with Crippen molar-refractivity contribution in [2.75, 3.05) is 13.2 Å². The minimum absolute atomic E-state index is 0.0494. The zero-order valence-electron chi connectivity index (χ0n) is 20.8. The lowest BCUT2D eigenvalue weighted by atomic mass is 9.92. The average Bonchev–Trinajstić information content (AvgIpc) is 3.64. The van der Waals surface area contributed by atoms with E-state index >= 15 is 0 Å². The number of hydrogen-bond donors (Lipinski definition) is 2. The monoisotopic (exact) mass is 503 g/mol. The molecule has 1 heterocycles. The zero-order valence-corrected chi connectivity index (χ0v) is 20.8. The Kier molecular flexibility index (Phi) is 9.48. The molecule has 194 valence electrons. The molecule has 1 aromatic heterocycles. The first-order valence-electron chi connectivity index (χ1n) is 12.7. The second-order valence-electron chi connectivity index (χ2n) is 9.30. The minimum atomic E-state index is -0.450. The van der Waals surface area contributed by atoms with Gasteiger partial charge in [0.15, 0.2) is 5.76 Å². The summed E-state index contributed by atoms with van der Waals surface area (Å²) in [5.41, 5.74) is 1.81. The van der Waals surface area contributed by atoms with Crippen molar-refractivity contribution in [2.24, 2.45) is 11.8 Å². The van der Waals surface area contributed by atoms with E-state index in [0.29, 0.717) is 24.5 Å². The van der Waals surface area contributed by atoms with Crippen molar-refractivity contribution >= 4 is 18.2 Å². The minimum Gasteiger partial charge on any atom is -0.451 e. The zero-order chi connectivity index (χ0) is 25.9. The van der Waals surface area contributed by atoms with Gasteiger partial charge in [0.2, 0.25) is 12.3 Å². The van der Waals surface area contributed by atoms with Gasteiger partial charge in [-0.25, -0.2) is 5.06 Å². The number of amides is 3. The highest BCUT2D eigenvalue weighted by atomic mass is 16.7. The quantitative estimate of drug-likeness (QED) is 0.203. The maximum atomic E-state index is 13.1. The Morgan fingerprint density at radius 2 is 1.68 bits per heavy atom. The van der Waals surface area contributed by atoms with Gasteiger partial charge in [0.1, 0.15) is 12.4 Å². The van der Waals surface area contributed by atoms with Crippen LogP contribution in [0.2, 0.25) is 0 Å². The average molecular weight is 504 g/mol. The summed E-state index contributed by atoms with van der Waals surface area (Å²) in [6.45, 7) is 0.332. The van der Waals surface area contributed by atoms with Gasteiger partial charge >= 0.3 is 0 Å². The second kappa shape index (κ2) is 13.4. The van der Waals surface area contributed by atoms with Gasteiger partial charge in [-0.05, 0) is 30.0 Å². The standard InChI is InChI=1S/C29H33N3O5/c33-21-32(36-19-23-11-3-1-4-12-23)18-25(17-22-9-7-8-10-22)28(34)30-20-31-29(35)27-16-15-26(37-27)24-13-5-2-6-14-24/h1-6,11-16,21-22,25H,7-10,17-20H2,(H,30,34)(H,31,35)/t25-/m1/s1. The summed E-state index contributed by atoms with van der Waals surface area (Å²) < 4.78 is 5.67. The van der Waals surface area contributed by atoms with Crippen LogP contribution >= 0.6 is 0 Å². The van der Waals surface area contributed by atoms with Gasteiger partial charge < -0.3 is 15.1 Å². The lowest BCUT2D eigenvalue weighted by Crippen LogP contribution is -2.43. The molecule has 0 bridgehead atoms. The van der Waals surface area contributed by atoms with Crippen LogP contribution in [-0.4, -0.2) is 36.5 Å². The van der Waals surface area contributed by atoms with Crippen molar-refractivity contribution in [3.8, 4) is 11.3 Å². The first-order valence-corrected chi connectivity index (χ1v) is 12.7. The lowest BCUT2D eigenvalue weighted by molar-refractivity contribution is -0.182. The van der Waals surface area contributed by atoms with Crippen molar-refractivity contribution < 1.29 is 23.6 Å².